The van der Waals surface area contributed by atoms with E-state index in [4.69, 9.17) is 2.85 Å². The minimum atomic E-state index is -2.64. The number of hydrogen-bond acceptors (Lipinski definition) is 2. The van der Waals surface area contributed by atoms with Gasteiger partial charge in [-0.3, -0.25) is 0 Å². The van der Waals surface area contributed by atoms with E-state index in [1.165, 1.54) is 13.6 Å². The van der Waals surface area contributed by atoms with Gasteiger partial charge in [0.15, 0.2) is 0 Å². The second kappa shape index (κ2) is 5.92. The Morgan fingerprint density at radius 1 is 0.882 bits per heavy atom. The number of benzene rings is 2. The van der Waals surface area contributed by atoms with Gasteiger partial charge in [0.2, 0.25) is 0 Å². The van der Waals surface area contributed by atoms with Gasteiger partial charge in [0.25, 0.3) is 0 Å². The SMILES string of the molecule is CC(=O)[O][In]([c]1ccccc1)[c]1ccccc1. The van der Waals surface area contributed by atoms with Crippen LogP contribution in [0.3, 0.4) is 0 Å². The van der Waals surface area contributed by atoms with Crippen molar-refractivity contribution in [2.75, 3.05) is 0 Å². The Kier molecular flexibility index (Phi) is 4.26. The molecule has 3 heteroatoms. The van der Waals surface area contributed by atoms with Crippen molar-refractivity contribution in [3.05, 3.63) is 60.7 Å². The topological polar surface area (TPSA) is 26.3 Å². The van der Waals surface area contributed by atoms with Gasteiger partial charge < -0.3 is 0 Å². The average molecular weight is 328 g/mol. The fourth-order valence-corrected chi connectivity index (χ4v) is 7.84. The van der Waals surface area contributed by atoms with Crippen molar-refractivity contribution in [2.45, 2.75) is 6.92 Å². The van der Waals surface area contributed by atoms with E-state index in [0.29, 0.717) is 0 Å². The molecule has 2 aromatic carbocycles. The van der Waals surface area contributed by atoms with Gasteiger partial charge in [0.1, 0.15) is 0 Å². The quantitative estimate of drug-likeness (QED) is 0.850. The maximum absolute atomic E-state index is 11.2. The Morgan fingerprint density at radius 2 is 1.29 bits per heavy atom. The molecule has 0 bridgehead atoms. The van der Waals surface area contributed by atoms with Gasteiger partial charge in [0, 0.05) is 0 Å². The van der Waals surface area contributed by atoms with Crippen molar-refractivity contribution in [1.29, 1.82) is 0 Å². The van der Waals surface area contributed by atoms with Crippen molar-refractivity contribution in [3.63, 3.8) is 0 Å². The zero-order valence-electron chi connectivity index (χ0n) is 9.67. The van der Waals surface area contributed by atoms with Crippen LogP contribution >= 0.6 is 0 Å². The molecule has 0 unspecified atom stereocenters. The predicted octanol–water partition coefficient (Wildman–Crippen LogP) is 1.36. The monoisotopic (exact) mass is 328 g/mol. The first-order chi connectivity index (χ1) is 8.27. The van der Waals surface area contributed by atoms with Crippen LogP contribution in [0.2, 0.25) is 0 Å². The molecule has 0 N–H and O–H groups in total. The number of hydrogen-bond donors (Lipinski definition) is 0. The summed E-state index contributed by atoms with van der Waals surface area (Å²) in [5.41, 5.74) is 0. The van der Waals surface area contributed by atoms with E-state index in [2.05, 4.69) is 24.3 Å². The molecule has 0 aliphatic carbocycles. The molecule has 0 aromatic heterocycles. The molecular weight excluding hydrogens is 315 g/mol. The molecule has 17 heavy (non-hydrogen) atoms. The molecule has 0 saturated heterocycles. The third kappa shape index (κ3) is 3.37. The second-order valence-electron chi connectivity index (χ2n) is 3.81. The van der Waals surface area contributed by atoms with Crippen LogP contribution < -0.4 is 6.64 Å². The summed E-state index contributed by atoms with van der Waals surface area (Å²) in [6.45, 7) is 1.48. The standard InChI is InChI=1S/2C6H5.C2H4O2.In/c2*1-2-4-6-5-3-1;1-2(3)4;/h2*1-5H;1H3,(H,3,4);/q;;;+1/p-1. The molecule has 0 fully saturated rings. The summed E-state index contributed by atoms with van der Waals surface area (Å²) in [6.07, 6.45) is 0. The van der Waals surface area contributed by atoms with Gasteiger partial charge in [-0.2, -0.15) is 0 Å². The normalized spacial score (nSPS) is 9.71. The molecule has 0 heterocycles. The zero-order chi connectivity index (χ0) is 12.1. The molecule has 0 atom stereocenters. The molecule has 0 aliphatic heterocycles. The molecule has 0 saturated carbocycles. The number of carbonyl (C=O) groups is 1. The van der Waals surface area contributed by atoms with E-state index in [1.54, 1.807) is 0 Å². The van der Waals surface area contributed by atoms with E-state index in [-0.39, 0.29) is 5.97 Å². The van der Waals surface area contributed by atoms with Crippen LogP contribution in [0.4, 0.5) is 0 Å². The molecule has 84 valence electrons. The Labute approximate surface area is 109 Å². The Balaban J connectivity index is 2.36. The van der Waals surface area contributed by atoms with E-state index in [0.717, 1.165) is 0 Å². The van der Waals surface area contributed by atoms with Crippen LogP contribution in [-0.2, 0) is 7.65 Å². The first kappa shape index (κ1) is 12.2. The van der Waals surface area contributed by atoms with E-state index < -0.39 is 21.9 Å². The third-order valence-electron chi connectivity index (χ3n) is 2.49. The van der Waals surface area contributed by atoms with E-state index in [1.807, 2.05) is 36.4 Å². The van der Waals surface area contributed by atoms with Crippen molar-refractivity contribution in [1.82, 2.24) is 0 Å². The molecule has 2 rings (SSSR count). The van der Waals surface area contributed by atoms with Gasteiger partial charge >= 0.3 is 110 Å². The van der Waals surface area contributed by atoms with Crippen molar-refractivity contribution in [3.8, 4) is 0 Å². The molecule has 0 radical (unpaired) electrons. The minimum absolute atomic E-state index is 0.182. The molecule has 0 spiro atoms. The fraction of sp³-hybridized carbons (Fsp3) is 0.0714. The average Bonchev–Trinajstić information content (AvgIpc) is 2.38. The van der Waals surface area contributed by atoms with Crippen LogP contribution in [0.15, 0.2) is 60.7 Å². The van der Waals surface area contributed by atoms with Crippen LogP contribution in [-0.4, -0.2) is 27.8 Å². The molecular formula is C14H13InO2. The Bertz CT molecular complexity index is 443. The summed E-state index contributed by atoms with van der Waals surface area (Å²) in [6, 6.07) is 20.1. The maximum atomic E-state index is 11.2. The summed E-state index contributed by atoms with van der Waals surface area (Å²) in [4.78, 5) is 11.2. The summed E-state index contributed by atoms with van der Waals surface area (Å²) in [5, 5.41) is 0. The number of carbonyl (C=O) groups excluding carboxylic acids is 1. The third-order valence-corrected chi connectivity index (χ3v) is 9.76. The van der Waals surface area contributed by atoms with Gasteiger partial charge in [-0.1, -0.05) is 0 Å². The van der Waals surface area contributed by atoms with Gasteiger partial charge in [0.05, 0.1) is 0 Å². The van der Waals surface area contributed by atoms with E-state index in [9.17, 15) is 4.79 Å². The summed E-state index contributed by atoms with van der Waals surface area (Å²) < 4.78 is 7.97. The molecule has 0 amide bonds. The Hall–Kier alpha value is -1.22. The van der Waals surface area contributed by atoms with Crippen LogP contribution in [0.1, 0.15) is 6.92 Å². The van der Waals surface area contributed by atoms with Gasteiger partial charge in [-0.25, -0.2) is 0 Å². The van der Waals surface area contributed by atoms with Crippen LogP contribution in [0.25, 0.3) is 0 Å². The Morgan fingerprint density at radius 3 is 1.65 bits per heavy atom. The summed E-state index contributed by atoms with van der Waals surface area (Å²) in [5.74, 6) is -0.182. The molecule has 2 aromatic rings. The molecule has 0 aliphatic rings. The van der Waals surface area contributed by atoms with E-state index >= 15 is 0 Å². The zero-order valence-corrected chi connectivity index (χ0v) is 13.0. The predicted molar refractivity (Wildman–Crippen MR) is 69.7 cm³/mol. The molecule has 2 nitrogen and oxygen atoms in total. The van der Waals surface area contributed by atoms with Gasteiger partial charge in [-0.15, -0.1) is 0 Å². The second-order valence-corrected chi connectivity index (χ2v) is 10.5. The first-order valence-corrected chi connectivity index (χ1v) is 10.2. The van der Waals surface area contributed by atoms with Gasteiger partial charge in [-0.05, 0) is 0 Å². The first-order valence-electron chi connectivity index (χ1n) is 5.54. The van der Waals surface area contributed by atoms with Crippen molar-refractivity contribution < 1.29 is 7.65 Å². The number of rotatable bonds is 3. The summed E-state index contributed by atoms with van der Waals surface area (Å²) >= 11 is -2.64. The fourth-order valence-electron chi connectivity index (χ4n) is 1.75. The van der Waals surface area contributed by atoms with Crippen molar-refractivity contribution in [2.24, 2.45) is 0 Å². The summed E-state index contributed by atoms with van der Waals surface area (Å²) in [7, 11) is 0. The van der Waals surface area contributed by atoms with Crippen LogP contribution in [0, 0.1) is 0 Å². The van der Waals surface area contributed by atoms with Crippen LogP contribution in [0.5, 0.6) is 0 Å². The van der Waals surface area contributed by atoms with Crippen molar-refractivity contribution >= 4 is 34.5 Å².